The predicted molar refractivity (Wildman–Crippen MR) is 68.6 cm³/mol. The van der Waals surface area contributed by atoms with Crippen molar-refractivity contribution in [1.82, 2.24) is 0 Å². The van der Waals surface area contributed by atoms with Crippen LogP contribution in [0.15, 0.2) is 0 Å². The van der Waals surface area contributed by atoms with Gasteiger partial charge in [-0.3, -0.25) is 4.79 Å². The van der Waals surface area contributed by atoms with Crippen molar-refractivity contribution in [3.05, 3.63) is 0 Å². The molecule has 0 saturated carbocycles. The first-order valence-electron chi connectivity index (χ1n) is 6.80. The van der Waals surface area contributed by atoms with Crippen molar-refractivity contribution in [2.24, 2.45) is 11.8 Å². The zero-order valence-electron chi connectivity index (χ0n) is 11.2. The quantitative estimate of drug-likeness (QED) is 0.560. The van der Waals surface area contributed by atoms with Crippen LogP contribution in [0.4, 0.5) is 0 Å². The Hall–Kier alpha value is -0.530. The Morgan fingerprint density at radius 1 is 1.06 bits per heavy atom. The molecule has 2 atom stereocenters. The number of unbranched alkanes of at least 4 members (excludes halogenated alkanes) is 5. The molecule has 0 saturated heterocycles. The third-order valence-corrected chi connectivity index (χ3v) is 3.23. The Labute approximate surface area is 100 Å². The van der Waals surface area contributed by atoms with E-state index < -0.39 is 5.97 Å². The maximum Gasteiger partial charge on any atom is 0.306 e. The normalized spacial score (nSPS) is 14.7. The zero-order valence-corrected chi connectivity index (χ0v) is 11.2. The first kappa shape index (κ1) is 15.5. The number of aliphatic carboxylic acids is 1. The van der Waals surface area contributed by atoms with Gasteiger partial charge in [0.15, 0.2) is 0 Å². The van der Waals surface area contributed by atoms with Crippen molar-refractivity contribution in [1.29, 1.82) is 0 Å². The smallest absolute Gasteiger partial charge is 0.306 e. The maximum absolute atomic E-state index is 10.7. The minimum atomic E-state index is -0.658. The van der Waals surface area contributed by atoms with Crippen LogP contribution in [-0.2, 0) is 4.79 Å². The number of hydrogen-bond acceptors (Lipinski definition) is 1. The molecular weight excluding hydrogens is 200 g/mol. The van der Waals surface area contributed by atoms with Gasteiger partial charge in [0.1, 0.15) is 0 Å². The monoisotopic (exact) mass is 228 g/mol. The SMILES string of the molecule is CCCCCCCCC(C)CC(C)C(=O)O. The Kier molecular flexibility index (Phi) is 9.36. The number of carboxylic acids is 1. The molecule has 1 N–H and O–H groups in total. The molecule has 2 heteroatoms. The van der Waals surface area contributed by atoms with Crippen molar-refractivity contribution in [3.8, 4) is 0 Å². The second-order valence-electron chi connectivity index (χ2n) is 5.14. The maximum atomic E-state index is 10.7. The van der Waals surface area contributed by atoms with E-state index in [-0.39, 0.29) is 5.92 Å². The second-order valence-corrected chi connectivity index (χ2v) is 5.14. The van der Waals surface area contributed by atoms with Gasteiger partial charge in [0.2, 0.25) is 0 Å². The van der Waals surface area contributed by atoms with Crippen molar-refractivity contribution >= 4 is 5.97 Å². The van der Waals surface area contributed by atoms with E-state index in [4.69, 9.17) is 5.11 Å². The van der Waals surface area contributed by atoms with E-state index in [2.05, 4.69) is 13.8 Å². The van der Waals surface area contributed by atoms with Gasteiger partial charge in [0, 0.05) is 0 Å². The fourth-order valence-electron chi connectivity index (χ4n) is 2.10. The van der Waals surface area contributed by atoms with E-state index in [1.807, 2.05) is 0 Å². The van der Waals surface area contributed by atoms with Crippen LogP contribution < -0.4 is 0 Å². The predicted octanol–water partition coefficient (Wildman–Crippen LogP) is 4.48. The summed E-state index contributed by atoms with van der Waals surface area (Å²) in [5.41, 5.74) is 0. The molecule has 2 nitrogen and oxygen atoms in total. The van der Waals surface area contributed by atoms with Crippen molar-refractivity contribution in [3.63, 3.8) is 0 Å². The molecule has 96 valence electrons. The highest BCUT2D eigenvalue weighted by Gasteiger charge is 2.14. The van der Waals surface area contributed by atoms with Gasteiger partial charge in [-0.15, -0.1) is 0 Å². The van der Waals surface area contributed by atoms with Crippen LogP contribution in [0.3, 0.4) is 0 Å². The van der Waals surface area contributed by atoms with Crippen LogP contribution in [0.25, 0.3) is 0 Å². The number of carboxylic acid groups (broad SMARTS) is 1. The fraction of sp³-hybridized carbons (Fsp3) is 0.929. The lowest BCUT2D eigenvalue weighted by atomic mass is 9.92. The van der Waals surface area contributed by atoms with Gasteiger partial charge in [-0.25, -0.2) is 0 Å². The Morgan fingerprint density at radius 2 is 1.62 bits per heavy atom. The van der Waals surface area contributed by atoms with Gasteiger partial charge >= 0.3 is 5.97 Å². The van der Waals surface area contributed by atoms with Crippen LogP contribution in [0.1, 0.15) is 72.1 Å². The molecule has 0 bridgehead atoms. The van der Waals surface area contributed by atoms with Crippen LogP contribution in [0.2, 0.25) is 0 Å². The molecule has 2 unspecified atom stereocenters. The average molecular weight is 228 g/mol. The van der Waals surface area contributed by atoms with Gasteiger partial charge in [-0.2, -0.15) is 0 Å². The van der Waals surface area contributed by atoms with Gasteiger partial charge in [-0.1, -0.05) is 65.7 Å². The standard InChI is InChI=1S/C14H28O2/c1-4-5-6-7-8-9-10-12(2)11-13(3)14(15)16/h12-13H,4-11H2,1-3H3,(H,15,16). The molecule has 0 aliphatic carbocycles. The Balaban J connectivity index is 3.36. The van der Waals surface area contributed by atoms with Crippen LogP contribution in [-0.4, -0.2) is 11.1 Å². The molecule has 0 aromatic carbocycles. The summed E-state index contributed by atoms with van der Waals surface area (Å²) in [5.74, 6) is -0.290. The van der Waals surface area contributed by atoms with Gasteiger partial charge < -0.3 is 5.11 Å². The molecule has 0 aliphatic heterocycles. The van der Waals surface area contributed by atoms with Crippen molar-refractivity contribution in [2.45, 2.75) is 72.1 Å². The highest BCUT2D eigenvalue weighted by atomic mass is 16.4. The summed E-state index contributed by atoms with van der Waals surface area (Å²) in [4.78, 5) is 10.7. The van der Waals surface area contributed by atoms with Gasteiger partial charge in [0.05, 0.1) is 5.92 Å². The van der Waals surface area contributed by atoms with E-state index >= 15 is 0 Å². The number of hydrogen-bond donors (Lipinski definition) is 1. The Morgan fingerprint density at radius 3 is 2.19 bits per heavy atom. The lowest BCUT2D eigenvalue weighted by molar-refractivity contribution is -0.141. The first-order chi connectivity index (χ1) is 7.57. The van der Waals surface area contributed by atoms with Crippen molar-refractivity contribution in [2.75, 3.05) is 0 Å². The number of carbonyl (C=O) groups is 1. The third-order valence-electron chi connectivity index (χ3n) is 3.23. The first-order valence-corrected chi connectivity index (χ1v) is 6.80. The molecule has 0 aromatic heterocycles. The van der Waals surface area contributed by atoms with Crippen molar-refractivity contribution < 1.29 is 9.90 Å². The molecule has 0 rings (SSSR count). The highest BCUT2D eigenvalue weighted by Crippen LogP contribution is 2.19. The molecule has 16 heavy (non-hydrogen) atoms. The van der Waals surface area contributed by atoms with E-state index in [9.17, 15) is 4.79 Å². The lowest BCUT2D eigenvalue weighted by Gasteiger charge is -2.13. The average Bonchev–Trinajstić information content (AvgIpc) is 2.23. The summed E-state index contributed by atoms with van der Waals surface area (Å²) >= 11 is 0. The van der Waals surface area contributed by atoms with E-state index in [1.54, 1.807) is 6.92 Å². The van der Waals surface area contributed by atoms with E-state index in [0.717, 1.165) is 6.42 Å². The Bertz CT molecular complexity index is 178. The summed E-state index contributed by atoms with van der Waals surface area (Å²) in [6, 6.07) is 0. The lowest BCUT2D eigenvalue weighted by Crippen LogP contribution is -2.13. The molecule has 0 amide bonds. The zero-order chi connectivity index (χ0) is 12.4. The molecule has 0 aromatic rings. The summed E-state index contributed by atoms with van der Waals surface area (Å²) in [6.45, 7) is 6.21. The molecule has 0 aliphatic rings. The van der Waals surface area contributed by atoms with E-state index in [0.29, 0.717) is 5.92 Å². The molecule has 0 fully saturated rings. The van der Waals surface area contributed by atoms with Crippen LogP contribution in [0.5, 0.6) is 0 Å². The second kappa shape index (κ2) is 9.68. The molecule has 0 heterocycles. The minimum absolute atomic E-state index is 0.185. The highest BCUT2D eigenvalue weighted by molar-refractivity contribution is 5.69. The van der Waals surface area contributed by atoms with Crippen LogP contribution >= 0.6 is 0 Å². The fourth-order valence-corrected chi connectivity index (χ4v) is 2.10. The summed E-state index contributed by atoms with van der Waals surface area (Å²) in [5, 5.41) is 8.80. The summed E-state index contributed by atoms with van der Waals surface area (Å²) in [7, 11) is 0. The minimum Gasteiger partial charge on any atom is -0.481 e. The largest absolute Gasteiger partial charge is 0.481 e. The molecular formula is C14H28O2. The summed E-state index contributed by atoms with van der Waals surface area (Å²) < 4.78 is 0. The third kappa shape index (κ3) is 8.75. The van der Waals surface area contributed by atoms with Gasteiger partial charge in [-0.05, 0) is 12.3 Å². The van der Waals surface area contributed by atoms with Crippen LogP contribution in [0, 0.1) is 11.8 Å². The number of rotatable bonds is 10. The summed E-state index contributed by atoms with van der Waals surface area (Å²) in [6.07, 6.45) is 9.93. The molecule has 0 spiro atoms. The van der Waals surface area contributed by atoms with E-state index in [1.165, 1.54) is 44.9 Å². The topological polar surface area (TPSA) is 37.3 Å². The van der Waals surface area contributed by atoms with Gasteiger partial charge in [0.25, 0.3) is 0 Å². The molecule has 0 radical (unpaired) electrons.